The first-order valence-corrected chi connectivity index (χ1v) is 8.17. The van der Waals surface area contributed by atoms with Crippen LogP contribution in [0, 0.1) is 0 Å². The summed E-state index contributed by atoms with van der Waals surface area (Å²) in [6.07, 6.45) is 1.54. The van der Waals surface area contributed by atoms with Gasteiger partial charge in [-0.05, 0) is 18.1 Å². The van der Waals surface area contributed by atoms with Crippen LogP contribution in [0.5, 0.6) is 11.5 Å². The summed E-state index contributed by atoms with van der Waals surface area (Å²) in [7, 11) is 3.16. The SMILES string of the molecule is COc1ccc(CO)c2c1O[C@H]1[C@@H](O)C=CC(O)[C@@]21CCN(C)C=O. The lowest BCUT2D eigenvalue weighted by Crippen LogP contribution is -2.56. The Morgan fingerprint density at radius 3 is 2.76 bits per heavy atom. The summed E-state index contributed by atoms with van der Waals surface area (Å²) in [5.74, 6) is 0.902. The molecule has 136 valence electrons. The molecule has 0 radical (unpaired) electrons. The molecule has 7 heteroatoms. The molecule has 3 rings (SSSR count). The lowest BCUT2D eigenvalue weighted by molar-refractivity contribution is -0.117. The van der Waals surface area contributed by atoms with Gasteiger partial charge in [0.25, 0.3) is 0 Å². The van der Waals surface area contributed by atoms with Crippen LogP contribution >= 0.6 is 0 Å². The van der Waals surface area contributed by atoms with Gasteiger partial charge in [0.2, 0.25) is 6.41 Å². The maximum absolute atomic E-state index is 11.0. The number of hydrogen-bond acceptors (Lipinski definition) is 6. The number of amides is 1. The number of ether oxygens (including phenoxy) is 2. The van der Waals surface area contributed by atoms with E-state index in [2.05, 4.69) is 0 Å². The minimum Gasteiger partial charge on any atom is -0.493 e. The van der Waals surface area contributed by atoms with Crippen LogP contribution in [0.25, 0.3) is 0 Å². The van der Waals surface area contributed by atoms with Gasteiger partial charge in [-0.25, -0.2) is 0 Å². The molecule has 0 saturated heterocycles. The van der Waals surface area contributed by atoms with Gasteiger partial charge in [-0.3, -0.25) is 4.79 Å². The van der Waals surface area contributed by atoms with Gasteiger partial charge in [0.05, 0.1) is 25.2 Å². The van der Waals surface area contributed by atoms with Crippen LogP contribution in [0.15, 0.2) is 24.3 Å². The lowest BCUT2D eigenvalue weighted by Gasteiger charge is -2.42. The topological polar surface area (TPSA) is 99.5 Å². The van der Waals surface area contributed by atoms with Crippen molar-refractivity contribution >= 4 is 6.41 Å². The Hall–Kier alpha value is -2.09. The lowest BCUT2D eigenvalue weighted by atomic mass is 9.65. The molecule has 1 aromatic rings. The van der Waals surface area contributed by atoms with Crippen molar-refractivity contribution in [2.45, 2.75) is 36.8 Å². The Morgan fingerprint density at radius 1 is 1.36 bits per heavy atom. The zero-order valence-corrected chi connectivity index (χ0v) is 14.3. The van der Waals surface area contributed by atoms with Gasteiger partial charge in [0.15, 0.2) is 11.5 Å². The fourth-order valence-corrected chi connectivity index (χ4v) is 3.91. The van der Waals surface area contributed by atoms with E-state index in [1.54, 1.807) is 25.3 Å². The van der Waals surface area contributed by atoms with Gasteiger partial charge in [0, 0.05) is 19.2 Å². The second kappa shape index (κ2) is 6.67. The third-order valence-electron chi connectivity index (χ3n) is 5.20. The Balaban J connectivity index is 2.19. The number of benzene rings is 1. The number of rotatable bonds is 6. The highest BCUT2D eigenvalue weighted by Crippen LogP contribution is 2.55. The number of hydrogen-bond donors (Lipinski definition) is 3. The highest BCUT2D eigenvalue weighted by molar-refractivity contribution is 5.60. The summed E-state index contributed by atoms with van der Waals surface area (Å²) < 4.78 is 11.4. The van der Waals surface area contributed by atoms with Crippen molar-refractivity contribution in [2.24, 2.45) is 0 Å². The number of fused-ring (bicyclic) bond motifs is 3. The predicted octanol–water partition coefficient (Wildman–Crippen LogP) is -0.0438. The van der Waals surface area contributed by atoms with E-state index in [4.69, 9.17) is 9.47 Å². The zero-order valence-electron chi connectivity index (χ0n) is 14.3. The molecule has 0 aromatic heterocycles. The average Bonchev–Trinajstić information content (AvgIpc) is 2.99. The number of nitrogens with zero attached hydrogens (tertiary/aromatic N) is 1. The van der Waals surface area contributed by atoms with Gasteiger partial charge >= 0.3 is 0 Å². The van der Waals surface area contributed by atoms with Crippen molar-refractivity contribution in [3.8, 4) is 11.5 Å². The summed E-state index contributed by atoms with van der Waals surface area (Å²) in [6, 6.07) is 3.42. The fraction of sp³-hybridized carbons (Fsp3) is 0.500. The number of carbonyl (C=O) groups excluding carboxylic acids is 1. The fourth-order valence-electron chi connectivity index (χ4n) is 3.91. The Labute approximate surface area is 146 Å². The molecule has 1 heterocycles. The van der Waals surface area contributed by atoms with E-state index in [0.717, 1.165) is 0 Å². The number of aliphatic hydroxyl groups excluding tert-OH is 3. The largest absolute Gasteiger partial charge is 0.493 e. The first kappa shape index (κ1) is 17.7. The van der Waals surface area contributed by atoms with Crippen LogP contribution in [-0.4, -0.2) is 65.6 Å². The molecule has 3 N–H and O–H groups in total. The smallest absolute Gasteiger partial charge is 0.209 e. The van der Waals surface area contributed by atoms with E-state index in [1.165, 1.54) is 18.1 Å². The third kappa shape index (κ3) is 2.59. The van der Waals surface area contributed by atoms with Gasteiger partial charge < -0.3 is 29.7 Å². The second-order valence-corrected chi connectivity index (χ2v) is 6.52. The molecular formula is C18H23NO6. The van der Waals surface area contributed by atoms with Crippen molar-refractivity contribution < 1.29 is 29.6 Å². The first-order chi connectivity index (χ1) is 12.0. The van der Waals surface area contributed by atoms with Crippen LogP contribution in [0.1, 0.15) is 17.5 Å². The maximum Gasteiger partial charge on any atom is 0.209 e. The molecule has 0 fully saturated rings. The average molecular weight is 349 g/mol. The molecule has 1 aliphatic heterocycles. The highest BCUT2D eigenvalue weighted by Gasteiger charge is 2.58. The molecule has 0 spiro atoms. The molecule has 1 amide bonds. The van der Waals surface area contributed by atoms with Gasteiger partial charge in [0.1, 0.15) is 12.2 Å². The van der Waals surface area contributed by atoms with E-state index >= 15 is 0 Å². The van der Waals surface area contributed by atoms with Crippen molar-refractivity contribution in [3.63, 3.8) is 0 Å². The maximum atomic E-state index is 11.0. The molecule has 1 aromatic carbocycles. The van der Waals surface area contributed by atoms with Gasteiger partial charge in [-0.15, -0.1) is 0 Å². The molecular weight excluding hydrogens is 326 g/mol. The summed E-state index contributed by atoms with van der Waals surface area (Å²) in [4.78, 5) is 12.5. The predicted molar refractivity (Wildman–Crippen MR) is 89.5 cm³/mol. The quantitative estimate of drug-likeness (QED) is 0.492. The summed E-state index contributed by atoms with van der Waals surface area (Å²) >= 11 is 0. The van der Waals surface area contributed by atoms with Crippen LogP contribution < -0.4 is 9.47 Å². The van der Waals surface area contributed by atoms with E-state index < -0.39 is 23.7 Å². The van der Waals surface area contributed by atoms with Crippen LogP contribution in [0.2, 0.25) is 0 Å². The molecule has 4 atom stereocenters. The first-order valence-electron chi connectivity index (χ1n) is 8.17. The number of carbonyl (C=O) groups is 1. The normalized spacial score (nSPS) is 29.6. The highest BCUT2D eigenvalue weighted by atomic mass is 16.5. The van der Waals surface area contributed by atoms with Crippen molar-refractivity contribution in [1.82, 2.24) is 4.90 Å². The zero-order chi connectivity index (χ0) is 18.2. The van der Waals surface area contributed by atoms with Gasteiger partial charge in [-0.2, -0.15) is 0 Å². The monoisotopic (exact) mass is 349 g/mol. The minimum atomic E-state index is -0.979. The third-order valence-corrected chi connectivity index (χ3v) is 5.20. The van der Waals surface area contributed by atoms with Gasteiger partial charge in [-0.1, -0.05) is 18.2 Å². The van der Waals surface area contributed by atoms with Crippen LogP contribution in [0.3, 0.4) is 0 Å². The molecule has 0 bridgehead atoms. The molecule has 1 unspecified atom stereocenters. The van der Waals surface area contributed by atoms with E-state index in [1.807, 2.05) is 0 Å². The molecule has 2 aliphatic rings. The Bertz CT molecular complexity index is 690. The summed E-state index contributed by atoms with van der Waals surface area (Å²) in [6.45, 7) is 0.128. The molecule has 25 heavy (non-hydrogen) atoms. The molecule has 1 aliphatic carbocycles. The summed E-state index contributed by atoms with van der Waals surface area (Å²) in [5, 5.41) is 31.2. The standard InChI is InChI=1S/C18H23NO6/c1-19(10-21)8-7-18-14(23)6-4-12(22)17(18)25-16-13(24-2)5-3-11(9-20)15(16)18/h3-6,10,12,14,17,20,22-23H,7-9H2,1-2H3/t12-,14?,17-,18-/m0/s1. The van der Waals surface area contributed by atoms with E-state index in [9.17, 15) is 20.1 Å². The minimum absolute atomic E-state index is 0.236. The summed E-state index contributed by atoms with van der Waals surface area (Å²) in [5.41, 5.74) is 0.260. The van der Waals surface area contributed by atoms with Crippen LogP contribution in [0.4, 0.5) is 0 Å². The Morgan fingerprint density at radius 2 is 2.12 bits per heavy atom. The van der Waals surface area contributed by atoms with Crippen molar-refractivity contribution in [3.05, 3.63) is 35.4 Å². The number of methoxy groups -OCH3 is 1. The van der Waals surface area contributed by atoms with E-state index in [-0.39, 0.29) is 6.61 Å². The van der Waals surface area contributed by atoms with Crippen molar-refractivity contribution in [2.75, 3.05) is 20.7 Å². The van der Waals surface area contributed by atoms with E-state index in [0.29, 0.717) is 42.0 Å². The second-order valence-electron chi connectivity index (χ2n) is 6.52. The molecule has 0 saturated carbocycles. The van der Waals surface area contributed by atoms with Crippen LogP contribution in [-0.2, 0) is 16.8 Å². The number of aliphatic hydroxyl groups is 3. The Kier molecular flexibility index (Phi) is 4.73. The molecule has 7 nitrogen and oxygen atoms in total. The van der Waals surface area contributed by atoms with Crippen molar-refractivity contribution in [1.29, 1.82) is 0 Å².